The molecule has 1 N–H and O–H groups in total. The van der Waals surface area contributed by atoms with Crippen LogP contribution in [0.5, 0.6) is 0 Å². The number of aryl methyl sites for hydroxylation is 1. The van der Waals surface area contributed by atoms with Gasteiger partial charge in [0.2, 0.25) is 17.7 Å². The monoisotopic (exact) mass is 345 g/mol. The summed E-state index contributed by atoms with van der Waals surface area (Å²) < 4.78 is 18.9. The summed E-state index contributed by atoms with van der Waals surface area (Å²) >= 11 is 5.60. The maximum absolute atomic E-state index is 13.3. The van der Waals surface area contributed by atoms with E-state index in [1.807, 2.05) is 30.3 Å². The average Bonchev–Trinajstić information content (AvgIpc) is 3.06. The van der Waals surface area contributed by atoms with Crippen molar-refractivity contribution in [1.29, 1.82) is 0 Å². The average molecular weight is 346 g/mol. The van der Waals surface area contributed by atoms with Crippen LogP contribution >= 0.6 is 11.6 Å². The standard InChI is InChI=1S/C17H13ClFN3O2/c18-13-7-6-12(10-14(13)19)20-15(23)8-9-16-21-22-17(24-16)11-4-2-1-3-5-11/h1-7,10H,8-9H2,(H,20,23). The summed E-state index contributed by atoms with van der Waals surface area (Å²) in [6, 6.07) is 13.4. The van der Waals surface area contributed by atoms with Crippen molar-refractivity contribution in [2.24, 2.45) is 0 Å². The van der Waals surface area contributed by atoms with Crippen LogP contribution in [0, 0.1) is 5.82 Å². The van der Waals surface area contributed by atoms with E-state index < -0.39 is 5.82 Å². The van der Waals surface area contributed by atoms with Crippen LogP contribution < -0.4 is 5.32 Å². The van der Waals surface area contributed by atoms with Crippen LogP contribution in [0.1, 0.15) is 12.3 Å². The van der Waals surface area contributed by atoms with Gasteiger partial charge in [0.1, 0.15) is 5.82 Å². The molecule has 0 radical (unpaired) electrons. The summed E-state index contributed by atoms with van der Waals surface area (Å²) in [5.74, 6) is -0.0906. The zero-order valence-electron chi connectivity index (χ0n) is 12.5. The maximum atomic E-state index is 13.3. The smallest absolute Gasteiger partial charge is 0.247 e. The minimum atomic E-state index is -0.584. The van der Waals surface area contributed by atoms with Crippen molar-refractivity contribution < 1.29 is 13.6 Å². The Kier molecular flexibility index (Phi) is 4.86. The Hall–Kier alpha value is -2.73. The zero-order chi connectivity index (χ0) is 16.9. The number of nitrogens with one attached hydrogen (secondary N) is 1. The lowest BCUT2D eigenvalue weighted by Gasteiger charge is -2.04. The number of carbonyl (C=O) groups excluding carboxylic acids is 1. The second kappa shape index (κ2) is 7.23. The fourth-order valence-corrected chi connectivity index (χ4v) is 2.19. The SMILES string of the molecule is O=C(CCc1nnc(-c2ccccc2)o1)Nc1ccc(Cl)c(F)c1. The molecule has 0 bridgehead atoms. The van der Waals surface area contributed by atoms with Gasteiger partial charge in [-0.3, -0.25) is 4.79 Å². The number of anilines is 1. The Morgan fingerprint density at radius 2 is 1.96 bits per heavy atom. The van der Waals surface area contributed by atoms with Gasteiger partial charge >= 0.3 is 0 Å². The van der Waals surface area contributed by atoms with Gasteiger partial charge in [-0.15, -0.1) is 10.2 Å². The van der Waals surface area contributed by atoms with Gasteiger partial charge in [0, 0.05) is 24.1 Å². The van der Waals surface area contributed by atoms with E-state index in [9.17, 15) is 9.18 Å². The largest absolute Gasteiger partial charge is 0.421 e. The molecule has 1 amide bonds. The third-order valence-electron chi connectivity index (χ3n) is 3.26. The molecule has 7 heteroatoms. The summed E-state index contributed by atoms with van der Waals surface area (Å²) in [5.41, 5.74) is 1.16. The van der Waals surface area contributed by atoms with Gasteiger partial charge in [0.15, 0.2) is 0 Å². The van der Waals surface area contributed by atoms with Gasteiger partial charge in [-0.05, 0) is 30.3 Å². The topological polar surface area (TPSA) is 68.0 Å². The fourth-order valence-electron chi connectivity index (χ4n) is 2.07. The molecule has 5 nitrogen and oxygen atoms in total. The molecule has 1 heterocycles. The van der Waals surface area contributed by atoms with Crippen LogP contribution in [-0.4, -0.2) is 16.1 Å². The molecule has 0 aliphatic rings. The number of hydrogen-bond acceptors (Lipinski definition) is 4. The highest BCUT2D eigenvalue weighted by Crippen LogP contribution is 2.20. The van der Waals surface area contributed by atoms with Crippen LogP contribution in [0.4, 0.5) is 10.1 Å². The molecule has 0 saturated carbocycles. The lowest BCUT2D eigenvalue weighted by molar-refractivity contribution is -0.116. The van der Waals surface area contributed by atoms with Crippen molar-refractivity contribution in [3.63, 3.8) is 0 Å². The maximum Gasteiger partial charge on any atom is 0.247 e. The van der Waals surface area contributed by atoms with Crippen molar-refractivity contribution in [3.05, 3.63) is 65.3 Å². The van der Waals surface area contributed by atoms with Gasteiger partial charge in [-0.1, -0.05) is 29.8 Å². The number of benzene rings is 2. The molecular formula is C17H13ClFN3O2. The molecule has 0 unspecified atom stereocenters. The molecule has 122 valence electrons. The Balaban J connectivity index is 1.56. The van der Waals surface area contributed by atoms with Crippen LogP contribution in [0.25, 0.3) is 11.5 Å². The van der Waals surface area contributed by atoms with Gasteiger partial charge in [-0.25, -0.2) is 4.39 Å². The second-order valence-electron chi connectivity index (χ2n) is 5.04. The highest BCUT2D eigenvalue weighted by atomic mass is 35.5. The fraction of sp³-hybridized carbons (Fsp3) is 0.118. The Morgan fingerprint density at radius 3 is 2.71 bits per heavy atom. The first-order valence-electron chi connectivity index (χ1n) is 7.24. The number of aromatic nitrogens is 2. The summed E-state index contributed by atoms with van der Waals surface area (Å²) in [6.45, 7) is 0. The number of halogens is 2. The van der Waals surface area contributed by atoms with E-state index >= 15 is 0 Å². The van der Waals surface area contributed by atoms with Crippen LogP contribution in [-0.2, 0) is 11.2 Å². The second-order valence-corrected chi connectivity index (χ2v) is 5.45. The molecule has 2 aromatic carbocycles. The van der Waals surface area contributed by atoms with E-state index in [1.165, 1.54) is 18.2 Å². The highest BCUT2D eigenvalue weighted by Gasteiger charge is 2.11. The van der Waals surface area contributed by atoms with E-state index in [-0.39, 0.29) is 17.4 Å². The minimum absolute atomic E-state index is 0.00676. The third kappa shape index (κ3) is 3.97. The number of rotatable bonds is 5. The summed E-state index contributed by atoms with van der Waals surface area (Å²) in [7, 11) is 0. The van der Waals surface area contributed by atoms with Gasteiger partial charge in [-0.2, -0.15) is 0 Å². The first-order chi connectivity index (χ1) is 11.6. The molecular weight excluding hydrogens is 333 g/mol. The number of carbonyl (C=O) groups is 1. The number of nitrogens with zero attached hydrogens (tertiary/aromatic N) is 2. The lowest BCUT2D eigenvalue weighted by atomic mass is 10.2. The Morgan fingerprint density at radius 1 is 1.17 bits per heavy atom. The normalized spacial score (nSPS) is 10.6. The van der Waals surface area contributed by atoms with Crippen LogP contribution in [0.3, 0.4) is 0 Å². The summed E-state index contributed by atoms with van der Waals surface area (Å²) in [6.07, 6.45) is 0.433. The van der Waals surface area contributed by atoms with Crippen molar-refractivity contribution >= 4 is 23.2 Å². The van der Waals surface area contributed by atoms with Crippen molar-refractivity contribution in [2.45, 2.75) is 12.8 Å². The van der Waals surface area contributed by atoms with E-state index in [2.05, 4.69) is 15.5 Å². The zero-order valence-corrected chi connectivity index (χ0v) is 13.3. The molecule has 1 aromatic heterocycles. The molecule has 0 saturated heterocycles. The van der Waals surface area contributed by atoms with Crippen molar-refractivity contribution in [1.82, 2.24) is 10.2 Å². The highest BCUT2D eigenvalue weighted by molar-refractivity contribution is 6.30. The molecule has 0 spiro atoms. The Bertz CT molecular complexity index is 852. The first kappa shape index (κ1) is 16.1. The van der Waals surface area contributed by atoms with Gasteiger partial charge in [0.25, 0.3) is 0 Å². The van der Waals surface area contributed by atoms with Gasteiger partial charge < -0.3 is 9.73 Å². The quantitative estimate of drug-likeness (QED) is 0.756. The van der Waals surface area contributed by atoms with E-state index in [0.29, 0.717) is 23.9 Å². The predicted octanol–water partition coefficient (Wildman–Crippen LogP) is 4.10. The molecule has 0 aliphatic carbocycles. The van der Waals surface area contributed by atoms with Crippen LogP contribution in [0.2, 0.25) is 5.02 Å². The molecule has 3 rings (SSSR count). The molecule has 3 aromatic rings. The lowest BCUT2D eigenvalue weighted by Crippen LogP contribution is -2.12. The molecule has 0 atom stereocenters. The molecule has 0 fully saturated rings. The molecule has 24 heavy (non-hydrogen) atoms. The summed E-state index contributed by atoms with van der Waals surface area (Å²) in [4.78, 5) is 11.9. The number of hydrogen-bond donors (Lipinski definition) is 1. The van der Waals surface area contributed by atoms with E-state index in [1.54, 1.807) is 0 Å². The third-order valence-corrected chi connectivity index (χ3v) is 3.56. The van der Waals surface area contributed by atoms with Crippen LogP contribution in [0.15, 0.2) is 52.9 Å². The Labute approximate surface area is 142 Å². The van der Waals surface area contributed by atoms with Crippen molar-refractivity contribution in [3.8, 4) is 11.5 Å². The minimum Gasteiger partial charge on any atom is -0.421 e. The first-order valence-corrected chi connectivity index (χ1v) is 7.62. The van der Waals surface area contributed by atoms with E-state index in [0.717, 1.165) is 5.56 Å². The summed E-state index contributed by atoms with van der Waals surface area (Å²) in [5, 5.41) is 10.5. The molecule has 0 aliphatic heterocycles. The van der Waals surface area contributed by atoms with Gasteiger partial charge in [0.05, 0.1) is 5.02 Å². The predicted molar refractivity (Wildman–Crippen MR) is 88.1 cm³/mol. The van der Waals surface area contributed by atoms with Crippen molar-refractivity contribution in [2.75, 3.05) is 5.32 Å². The van der Waals surface area contributed by atoms with E-state index in [4.69, 9.17) is 16.0 Å². The number of amides is 1.